The van der Waals surface area contributed by atoms with Crippen LogP contribution in [0.5, 0.6) is 0 Å². The molecule has 1 amide bonds. The number of benzene rings is 5. The molecule has 0 saturated carbocycles. The zero-order valence-electron chi connectivity index (χ0n) is 27.6. The van der Waals surface area contributed by atoms with Gasteiger partial charge in [0.1, 0.15) is 0 Å². The van der Waals surface area contributed by atoms with Gasteiger partial charge >= 0.3 is 0 Å². The third-order valence-corrected chi connectivity index (χ3v) is 9.36. The van der Waals surface area contributed by atoms with Crippen molar-refractivity contribution in [2.24, 2.45) is 0 Å². The van der Waals surface area contributed by atoms with Crippen molar-refractivity contribution in [1.82, 2.24) is 19.7 Å². The van der Waals surface area contributed by atoms with Gasteiger partial charge in [0, 0.05) is 55.8 Å². The number of carbonyl (C=O) groups excluding carboxylic acids is 1. The molecule has 0 spiro atoms. The minimum atomic E-state index is -0.206. The Hall–Kier alpha value is -5.10. The highest BCUT2D eigenvalue weighted by molar-refractivity contribution is 5.85. The molecule has 1 aliphatic rings. The van der Waals surface area contributed by atoms with E-state index in [2.05, 4.69) is 155 Å². The predicted octanol–water partition coefficient (Wildman–Crippen LogP) is 8.15. The van der Waals surface area contributed by atoms with E-state index >= 15 is 0 Å². The van der Waals surface area contributed by atoms with Gasteiger partial charge in [-0.15, -0.1) is 0 Å². The third-order valence-electron chi connectivity index (χ3n) is 9.36. The van der Waals surface area contributed by atoms with Crippen LogP contribution in [0, 0.1) is 6.92 Å². The molecule has 0 bridgehead atoms. The van der Waals surface area contributed by atoms with Crippen molar-refractivity contribution in [2.75, 3.05) is 32.7 Å². The number of hydrogen-bond donors (Lipinski definition) is 0. The molecule has 1 saturated heterocycles. The Bertz CT molecular complexity index is 1940. The molecule has 1 fully saturated rings. The molecule has 1 unspecified atom stereocenters. The van der Waals surface area contributed by atoms with E-state index in [-0.39, 0.29) is 11.9 Å². The lowest BCUT2D eigenvalue weighted by molar-refractivity contribution is -0.134. The number of aromatic nitrogens is 1. The number of amides is 1. The van der Waals surface area contributed by atoms with Gasteiger partial charge < -0.3 is 4.90 Å². The van der Waals surface area contributed by atoms with E-state index in [1.807, 2.05) is 12.1 Å². The number of piperazine rings is 1. The summed E-state index contributed by atoms with van der Waals surface area (Å²) in [5.74, 6) is 0.164. The standard InChI is InChI=1S/C43H42N4O/c1-33-22-23-40-38(28-33)29-39(42(44-40)36-18-10-4-11-19-36)43(37-20-12-5-13-21-37)47(31-35-16-8-3-9-17-35)32-41(48)46-26-24-45(25-27-46)30-34-14-6-2-7-15-34/h2-23,28-29,43H,24-27,30-32H2,1H3. The number of rotatable bonds is 10. The first-order valence-electron chi connectivity index (χ1n) is 16.9. The molecule has 0 N–H and O–H groups in total. The summed E-state index contributed by atoms with van der Waals surface area (Å²) in [5, 5.41) is 1.10. The minimum Gasteiger partial charge on any atom is -0.339 e. The fourth-order valence-electron chi connectivity index (χ4n) is 6.90. The Morgan fingerprint density at radius 1 is 0.708 bits per heavy atom. The van der Waals surface area contributed by atoms with Crippen molar-refractivity contribution < 1.29 is 4.79 Å². The van der Waals surface area contributed by atoms with Crippen LogP contribution in [0.25, 0.3) is 22.2 Å². The lowest BCUT2D eigenvalue weighted by Gasteiger charge is -2.38. The Morgan fingerprint density at radius 3 is 1.98 bits per heavy atom. The highest BCUT2D eigenvalue weighted by Gasteiger charge is 2.31. The fraction of sp³-hybridized carbons (Fsp3) is 0.209. The molecule has 0 aliphatic carbocycles. The average Bonchev–Trinajstić information content (AvgIpc) is 3.13. The van der Waals surface area contributed by atoms with Crippen LogP contribution in [0.1, 0.15) is 33.9 Å². The average molecular weight is 631 g/mol. The van der Waals surface area contributed by atoms with Crippen LogP contribution in [0.4, 0.5) is 0 Å². The molecule has 0 radical (unpaired) electrons. The van der Waals surface area contributed by atoms with Crippen LogP contribution in [0.3, 0.4) is 0 Å². The van der Waals surface area contributed by atoms with Crippen molar-refractivity contribution >= 4 is 16.8 Å². The summed E-state index contributed by atoms with van der Waals surface area (Å²) in [6.45, 7) is 7.16. The molecule has 1 atom stereocenters. The van der Waals surface area contributed by atoms with Gasteiger partial charge in [0.2, 0.25) is 5.91 Å². The van der Waals surface area contributed by atoms with E-state index in [1.165, 1.54) is 16.7 Å². The predicted molar refractivity (Wildman–Crippen MR) is 195 cm³/mol. The van der Waals surface area contributed by atoms with Crippen LogP contribution in [0.2, 0.25) is 0 Å². The molecular weight excluding hydrogens is 589 g/mol. The van der Waals surface area contributed by atoms with Crippen LogP contribution < -0.4 is 0 Å². The Labute approximate surface area is 284 Å². The van der Waals surface area contributed by atoms with Gasteiger partial charge in [0.15, 0.2) is 0 Å². The molecule has 240 valence electrons. The highest BCUT2D eigenvalue weighted by atomic mass is 16.2. The minimum absolute atomic E-state index is 0.164. The summed E-state index contributed by atoms with van der Waals surface area (Å²) in [7, 11) is 0. The molecule has 1 aliphatic heterocycles. The van der Waals surface area contributed by atoms with Gasteiger partial charge in [-0.3, -0.25) is 14.6 Å². The quantitative estimate of drug-likeness (QED) is 0.153. The van der Waals surface area contributed by atoms with E-state index in [1.54, 1.807) is 0 Å². The van der Waals surface area contributed by atoms with Crippen LogP contribution in [0.15, 0.2) is 146 Å². The number of nitrogens with zero attached hydrogens (tertiary/aromatic N) is 4. The molecule has 6 aromatic rings. The second-order valence-corrected chi connectivity index (χ2v) is 12.8. The number of hydrogen-bond acceptors (Lipinski definition) is 4. The van der Waals surface area contributed by atoms with Crippen LogP contribution in [-0.4, -0.2) is 58.3 Å². The van der Waals surface area contributed by atoms with Gasteiger partial charge in [-0.25, -0.2) is 4.98 Å². The molecule has 5 heteroatoms. The number of fused-ring (bicyclic) bond motifs is 1. The smallest absolute Gasteiger partial charge is 0.236 e. The lowest BCUT2D eigenvalue weighted by atomic mass is 9.91. The SMILES string of the molecule is Cc1ccc2nc(-c3ccccc3)c(C(c3ccccc3)N(CC(=O)N3CCN(Cc4ccccc4)CC3)Cc3ccccc3)cc2c1. The lowest BCUT2D eigenvalue weighted by Crippen LogP contribution is -2.51. The molecule has 1 aromatic heterocycles. The van der Waals surface area contributed by atoms with Crippen molar-refractivity contribution in [2.45, 2.75) is 26.1 Å². The largest absolute Gasteiger partial charge is 0.339 e. The number of pyridine rings is 1. The number of aryl methyl sites for hydroxylation is 1. The highest BCUT2D eigenvalue weighted by Crippen LogP contribution is 2.38. The van der Waals surface area contributed by atoms with Crippen molar-refractivity contribution in [3.8, 4) is 11.3 Å². The topological polar surface area (TPSA) is 39.7 Å². The van der Waals surface area contributed by atoms with Crippen LogP contribution >= 0.6 is 0 Å². The molecule has 5 nitrogen and oxygen atoms in total. The molecule has 7 rings (SSSR count). The zero-order chi connectivity index (χ0) is 32.7. The summed E-state index contributed by atoms with van der Waals surface area (Å²) >= 11 is 0. The second kappa shape index (κ2) is 14.8. The van der Waals surface area contributed by atoms with Crippen molar-refractivity contribution in [3.05, 3.63) is 173 Å². The second-order valence-electron chi connectivity index (χ2n) is 12.8. The fourth-order valence-corrected chi connectivity index (χ4v) is 6.90. The van der Waals surface area contributed by atoms with Gasteiger partial charge in [-0.1, -0.05) is 133 Å². The van der Waals surface area contributed by atoms with Gasteiger partial charge in [-0.2, -0.15) is 0 Å². The number of carbonyl (C=O) groups is 1. The van der Waals surface area contributed by atoms with E-state index in [4.69, 9.17) is 4.98 Å². The summed E-state index contributed by atoms with van der Waals surface area (Å²) < 4.78 is 0. The van der Waals surface area contributed by atoms with E-state index < -0.39 is 0 Å². The van der Waals surface area contributed by atoms with Crippen LogP contribution in [-0.2, 0) is 17.9 Å². The summed E-state index contributed by atoms with van der Waals surface area (Å²) in [4.78, 5) is 26.5. The normalized spacial score (nSPS) is 14.3. The van der Waals surface area contributed by atoms with Gasteiger partial charge in [-0.05, 0) is 41.8 Å². The summed E-state index contributed by atoms with van der Waals surface area (Å²) in [6.07, 6.45) is 0. The molecule has 48 heavy (non-hydrogen) atoms. The monoisotopic (exact) mass is 630 g/mol. The Balaban J connectivity index is 1.27. The Morgan fingerprint density at radius 2 is 1.31 bits per heavy atom. The Kier molecular flexibility index (Phi) is 9.69. The van der Waals surface area contributed by atoms with Crippen molar-refractivity contribution in [1.29, 1.82) is 0 Å². The maximum atomic E-state index is 14.3. The molecule has 5 aromatic carbocycles. The van der Waals surface area contributed by atoms with E-state index in [0.717, 1.165) is 66.0 Å². The summed E-state index contributed by atoms with van der Waals surface area (Å²) in [6, 6.07) is 50.7. The molecular formula is C43H42N4O. The van der Waals surface area contributed by atoms with Crippen molar-refractivity contribution in [3.63, 3.8) is 0 Å². The van der Waals surface area contributed by atoms with Gasteiger partial charge in [0.25, 0.3) is 0 Å². The first-order valence-corrected chi connectivity index (χ1v) is 16.9. The first kappa shape index (κ1) is 31.5. The zero-order valence-corrected chi connectivity index (χ0v) is 27.6. The maximum absolute atomic E-state index is 14.3. The van der Waals surface area contributed by atoms with E-state index in [0.29, 0.717) is 13.1 Å². The summed E-state index contributed by atoms with van der Waals surface area (Å²) in [5.41, 5.74) is 8.89. The first-order chi connectivity index (χ1) is 23.6. The maximum Gasteiger partial charge on any atom is 0.236 e. The van der Waals surface area contributed by atoms with Gasteiger partial charge in [0.05, 0.1) is 23.8 Å². The molecule has 2 heterocycles. The third kappa shape index (κ3) is 7.38. The van der Waals surface area contributed by atoms with E-state index in [9.17, 15) is 4.79 Å².